The fourth-order valence-electron chi connectivity index (χ4n) is 2.55. The molecule has 0 heterocycles. The van der Waals surface area contributed by atoms with E-state index in [0.29, 0.717) is 11.4 Å². The lowest BCUT2D eigenvalue weighted by Gasteiger charge is -2.28. The van der Waals surface area contributed by atoms with Crippen LogP contribution in [0.4, 0.5) is 11.4 Å². The Morgan fingerprint density at radius 2 is 1.88 bits per heavy atom. The van der Waals surface area contributed by atoms with Crippen LogP contribution >= 0.6 is 11.6 Å². The molecular formula is C18H21ClN2O4S. The minimum absolute atomic E-state index is 0.255. The molecule has 0 aliphatic heterocycles. The number of hydrogen-bond donors (Lipinski definition) is 1. The standard InChI is InChI=1S/C18H21ClN2O4S/c1-12-7-5-6-8-16(12)20-18(22)13(2)21(26(4,23)24)14-9-10-17(25-3)15(19)11-14/h5-11,13H,1-4H3,(H,20,22)/t13-/m1/s1. The summed E-state index contributed by atoms with van der Waals surface area (Å²) in [6.45, 7) is 3.38. The number of hydrogen-bond acceptors (Lipinski definition) is 4. The second-order valence-electron chi connectivity index (χ2n) is 5.86. The number of methoxy groups -OCH3 is 1. The largest absolute Gasteiger partial charge is 0.495 e. The Morgan fingerprint density at radius 1 is 1.23 bits per heavy atom. The van der Waals surface area contributed by atoms with Gasteiger partial charge < -0.3 is 10.1 Å². The number of amides is 1. The molecule has 0 spiro atoms. The summed E-state index contributed by atoms with van der Waals surface area (Å²) in [5.74, 6) is -0.0300. The summed E-state index contributed by atoms with van der Waals surface area (Å²) in [6.07, 6.45) is 1.04. The summed E-state index contributed by atoms with van der Waals surface area (Å²) in [5, 5.41) is 3.02. The van der Waals surface area contributed by atoms with Gasteiger partial charge in [0.1, 0.15) is 11.8 Å². The summed E-state index contributed by atoms with van der Waals surface area (Å²) in [4.78, 5) is 12.7. The SMILES string of the molecule is COc1ccc(N([C@H](C)C(=O)Nc2ccccc2C)S(C)(=O)=O)cc1Cl. The highest BCUT2D eigenvalue weighted by atomic mass is 35.5. The van der Waals surface area contributed by atoms with E-state index in [0.717, 1.165) is 16.1 Å². The molecule has 0 saturated heterocycles. The third-order valence-corrected chi connectivity index (χ3v) is 5.42. The van der Waals surface area contributed by atoms with Crippen molar-refractivity contribution in [3.05, 3.63) is 53.1 Å². The number of halogens is 1. The zero-order valence-electron chi connectivity index (χ0n) is 15.0. The van der Waals surface area contributed by atoms with E-state index in [-0.39, 0.29) is 10.7 Å². The number of rotatable bonds is 6. The first-order valence-corrected chi connectivity index (χ1v) is 10.1. The molecule has 0 aliphatic rings. The molecule has 0 aromatic heterocycles. The number of carbonyl (C=O) groups is 1. The highest BCUT2D eigenvalue weighted by Gasteiger charge is 2.29. The van der Waals surface area contributed by atoms with Crippen LogP contribution in [0.1, 0.15) is 12.5 Å². The molecule has 6 nitrogen and oxygen atoms in total. The van der Waals surface area contributed by atoms with Gasteiger partial charge >= 0.3 is 0 Å². The predicted octanol–water partition coefficient (Wildman–Crippen LogP) is 3.45. The maximum absolute atomic E-state index is 12.7. The van der Waals surface area contributed by atoms with E-state index in [2.05, 4.69) is 5.32 Å². The van der Waals surface area contributed by atoms with Crippen molar-refractivity contribution >= 4 is 38.9 Å². The molecular weight excluding hydrogens is 376 g/mol. The topological polar surface area (TPSA) is 75.7 Å². The number of ether oxygens (including phenoxy) is 1. The van der Waals surface area contributed by atoms with Gasteiger partial charge in [-0.05, 0) is 43.7 Å². The van der Waals surface area contributed by atoms with Crippen LogP contribution < -0.4 is 14.4 Å². The van der Waals surface area contributed by atoms with Crippen LogP contribution in [0, 0.1) is 6.92 Å². The summed E-state index contributed by atoms with van der Waals surface area (Å²) in [7, 11) is -2.26. The van der Waals surface area contributed by atoms with Gasteiger partial charge in [0.2, 0.25) is 15.9 Å². The monoisotopic (exact) mass is 396 g/mol. The lowest BCUT2D eigenvalue weighted by molar-refractivity contribution is -0.116. The fraction of sp³-hybridized carbons (Fsp3) is 0.278. The van der Waals surface area contributed by atoms with Gasteiger partial charge in [-0.15, -0.1) is 0 Å². The summed E-state index contributed by atoms with van der Waals surface area (Å²) in [5.41, 5.74) is 1.79. The second kappa shape index (κ2) is 7.97. The normalized spacial score (nSPS) is 12.3. The fourth-order valence-corrected chi connectivity index (χ4v) is 3.97. The Morgan fingerprint density at radius 3 is 2.42 bits per heavy atom. The Balaban J connectivity index is 2.36. The maximum Gasteiger partial charge on any atom is 0.248 e. The Hall–Kier alpha value is -2.25. The van der Waals surface area contributed by atoms with Gasteiger partial charge in [0.15, 0.2) is 0 Å². The third kappa shape index (κ3) is 4.47. The molecule has 140 valence electrons. The zero-order valence-corrected chi connectivity index (χ0v) is 16.6. The van der Waals surface area contributed by atoms with E-state index in [1.54, 1.807) is 24.3 Å². The molecule has 0 radical (unpaired) electrons. The van der Waals surface area contributed by atoms with E-state index in [4.69, 9.17) is 16.3 Å². The first-order valence-electron chi connectivity index (χ1n) is 7.84. The lowest BCUT2D eigenvalue weighted by Crippen LogP contribution is -2.45. The molecule has 0 aliphatic carbocycles. The van der Waals surface area contributed by atoms with Gasteiger partial charge in [0, 0.05) is 5.69 Å². The van der Waals surface area contributed by atoms with Crippen LogP contribution in [0.15, 0.2) is 42.5 Å². The van der Waals surface area contributed by atoms with Gasteiger partial charge in [-0.25, -0.2) is 8.42 Å². The minimum Gasteiger partial charge on any atom is -0.495 e. The molecule has 2 aromatic carbocycles. The maximum atomic E-state index is 12.7. The van der Waals surface area contributed by atoms with E-state index < -0.39 is 22.0 Å². The van der Waals surface area contributed by atoms with Gasteiger partial charge in [-0.2, -0.15) is 0 Å². The molecule has 1 N–H and O–H groups in total. The van der Waals surface area contributed by atoms with Crippen molar-refractivity contribution in [3.8, 4) is 5.75 Å². The van der Waals surface area contributed by atoms with Crippen molar-refractivity contribution in [3.63, 3.8) is 0 Å². The first kappa shape index (κ1) is 20.1. The Bertz CT molecular complexity index is 915. The highest BCUT2D eigenvalue weighted by molar-refractivity contribution is 7.92. The molecule has 0 fully saturated rings. The highest BCUT2D eigenvalue weighted by Crippen LogP contribution is 2.31. The van der Waals surface area contributed by atoms with Crippen molar-refractivity contribution in [1.82, 2.24) is 0 Å². The number of benzene rings is 2. The molecule has 0 bridgehead atoms. The van der Waals surface area contributed by atoms with Crippen LogP contribution in [0.25, 0.3) is 0 Å². The van der Waals surface area contributed by atoms with Crippen LogP contribution in [-0.4, -0.2) is 33.7 Å². The Labute approximate surface area is 158 Å². The number of nitrogens with zero attached hydrogens (tertiary/aromatic N) is 1. The van der Waals surface area contributed by atoms with Crippen LogP contribution in [-0.2, 0) is 14.8 Å². The molecule has 26 heavy (non-hydrogen) atoms. The zero-order chi connectivity index (χ0) is 19.5. The predicted molar refractivity (Wildman–Crippen MR) is 105 cm³/mol. The van der Waals surface area contributed by atoms with Crippen LogP contribution in [0.2, 0.25) is 5.02 Å². The molecule has 1 atom stereocenters. The minimum atomic E-state index is -3.73. The number of nitrogens with one attached hydrogen (secondary N) is 1. The Kier molecular flexibility index (Phi) is 6.15. The van der Waals surface area contributed by atoms with Crippen LogP contribution in [0.5, 0.6) is 5.75 Å². The summed E-state index contributed by atoms with van der Waals surface area (Å²) in [6, 6.07) is 10.9. The molecule has 2 aromatic rings. The van der Waals surface area contributed by atoms with Gasteiger partial charge in [-0.1, -0.05) is 29.8 Å². The number of para-hydroxylation sites is 1. The van der Waals surface area contributed by atoms with Crippen molar-refractivity contribution in [1.29, 1.82) is 0 Å². The number of anilines is 2. The van der Waals surface area contributed by atoms with E-state index in [9.17, 15) is 13.2 Å². The quantitative estimate of drug-likeness (QED) is 0.811. The average Bonchev–Trinajstić information content (AvgIpc) is 2.56. The van der Waals surface area contributed by atoms with Crippen molar-refractivity contribution in [2.45, 2.75) is 19.9 Å². The van der Waals surface area contributed by atoms with Crippen molar-refractivity contribution in [2.24, 2.45) is 0 Å². The third-order valence-electron chi connectivity index (χ3n) is 3.88. The molecule has 0 saturated carbocycles. The van der Waals surface area contributed by atoms with Crippen LogP contribution in [0.3, 0.4) is 0 Å². The van der Waals surface area contributed by atoms with E-state index in [1.807, 2.05) is 19.1 Å². The number of aryl methyl sites for hydroxylation is 1. The molecule has 8 heteroatoms. The van der Waals surface area contributed by atoms with Crippen molar-refractivity contribution in [2.75, 3.05) is 23.0 Å². The average molecular weight is 397 g/mol. The first-order chi connectivity index (χ1) is 12.1. The van der Waals surface area contributed by atoms with Crippen molar-refractivity contribution < 1.29 is 17.9 Å². The summed E-state index contributed by atoms with van der Waals surface area (Å²) < 4.78 is 30.8. The second-order valence-corrected chi connectivity index (χ2v) is 8.12. The number of sulfonamides is 1. The molecule has 2 rings (SSSR count). The lowest BCUT2D eigenvalue weighted by atomic mass is 10.2. The van der Waals surface area contributed by atoms with E-state index in [1.165, 1.54) is 20.1 Å². The smallest absolute Gasteiger partial charge is 0.248 e. The van der Waals surface area contributed by atoms with Gasteiger partial charge in [0.05, 0.1) is 24.1 Å². The van der Waals surface area contributed by atoms with Gasteiger partial charge in [-0.3, -0.25) is 9.10 Å². The van der Waals surface area contributed by atoms with Gasteiger partial charge in [0.25, 0.3) is 0 Å². The summed E-state index contributed by atoms with van der Waals surface area (Å²) >= 11 is 6.11. The number of carbonyl (C=O) groups excluding carboxylic acids is 1. The van der Waals surface area contributed by atoms with E-state index >= 15 is 0 Å². The molecule has 0 unspecified atom stereocenters. The molecule has 1 amide bonds.